The number of aromatic nitrogens is 2. The van der Waals surface area contributed by atoms with Crippen LogP contribution in [0.3, 0.4) is 0 Å². The van der Waals surface area contributed by atoms with Crippen molar-refractivity contribution >= 4 is 17.5 Å². The molecule has 36 heavy (non-hydrogen) atoms. The predicted octanol–water partition coefficient (Wildman–Crippen LogP) is 5.59. The van der Waals surface area contributed by atoms with Crippen LogP contribution in [0.25, 0.3) is 22.9 Å². The Balaban J connectivity index is 1.26. The summed E-state index contributed by atoms with van der Waals surface area (Å²) >= 11 is 0. The molecule has 0 bridgehead atoms. The zero-order valence-electron chi connectivity index (χ0n) is 19.2. The molecule has 0 aliphatic carbocycles. The number of benzene rings is 4. The zero-order valence-corrected chi connectivity index (χ0v) is 19.2. The Morgan fingerprint density at radius 3 is 1.92 bits per heavy atom. The highest BCUT2D eigenvalue weighted by atomic mass is 16.4. The molecule has 0 spiro atoms. The Bertz CT molecular complexity index is 1480. The number of amides is 2. The van der Waals surface area contributed by atoms with Crippen molar-refractivity contribution in [2.24, 2.45) is 0 Å². The van der Waals surface area contributed by atoms with Crippen LogP contribution in [0.5, 0.6) is 0 Å². The Kier molecular flexibility index (Phi) is 6.62. The van der Waals surface area contributed by atoms with Gasteiger partial charge in [0.05, 0.1) is 11.3 Å². The van der Waals surface area contributed by atoms with Crippen LogP contribution >= 0.6 is 0 Å². The molecule has 7 heteroatoms. The molecule has 176 valence electrons. The molecule has 7 nitrogen and oxygen atoms in total. The van der Waals surface area contributed by atoms with Crippen molar-refractivity contribution in [3.63, 3.8) is 0 Å². The van der Waals surface area contributed by atoms with Gasteiger partial charge in [0.1, 0.15) is 0 Å². The first-order valence-electron chi connectivity index (χ1n) is 11.4. The Morgan fingerprint density at radius 1 is 0.639 bits per heavy atom. The number of carbonyl (C=O) groups is 2. The lowest BCUT2D eigenvalue weighted by atomic mass is 10.1. The average Bonchev–Trinajstić information content (AvgIpc) is 3.44. The van der Waals surface area contributed by atoms with Crippen molar-refractivity contribution in [2.45, 2.75) is 6.54 Å². The lowest BCUT2D eigenvalue weighted by molar-refractivity contribution is 0.0952. The third-order valence-corrected chi connectivity index (χ3v) is 5.56. The first-order chi connectivity index (χ1) is 17.7. The summed E-state index contributed by atoms with van der Waals surface area (Å²) in [5.74, 6) is 0.187. The first kappa shape index (κ1) is 22.7. The summed E-state index contributed by atoms with van der Waals surface area (Å²) in [5.41, 5.74) is 3.77. The number of hydrogen-bond acceptors (Lipinski definition) is 5. The highest BCUT2D eigenvalue weighted by molar-refractivity contribution is 6.09. The quantitative estimate of drug-likeness (QED) is 0.321. The van der Waals surface area contributed by atoms with Gasteiger partial charge in [-0.1, -0.05) is 60.7 Å². The molecule has 1 heterocycles. The van der Waals surface area contributed by atoms with Gasteiger partial charge >= 0.3 is 0 Å². The maximum Gasteiger partial charge on any atom is 0.255 e. The SMILES string of the molecule is O=C(Nc1ccccc1C(=O)NCc1ccccc1)c1ccc(-c2nnc(-c3ccccc3)o2)cc1. The van der Waals surface area contributed by atoms with E-state index in [1.807, 2.05) is 60.7 Å². The topological polar surface area (TPSA) is 97.1 Å². The van der Waals surface area contributed by atoms with Gasteiger partial charge in [-0.05, 0) is 54.1 Å². The summed E-state index contributed by atoms with van der Waals surface area (Å²) < 4.78 is 5.78. The molecule has 0 saturated heterocycles. The largest absolute Gasteiger partial charge is 0.416 e. The van der Waals surface area contributed by atoms with E-state index in [2.05, 4.69) is 20.8 Å². The molecular formula is C29H22N4O3. The van der Waals surface area contributed by atoms with E-state index in [4.69, 9.17) is 4.42 Å². The van der Waals surface area contributed by atoms with Crippen LogP contribution in [0.1, 0.15) is 26.3 Å². The Morgan fingerprint density at radius 2 is 1.22 bits per heavy atom. The maximum absolute atomic E-state index is 12.9. The van der Waals surface area contributed by atoms with Gasteiger partial charge < -0.3 is 15.1 Å². The van der Waals surface area contributed by atoms with Crippen molar-refractivity contribution in [1.29, 1.82) is 0 Å². The Hall–Kier alpha value is -5.04. The molecule has 0 aliphatic heterocycles. The molecule has 0 unspecified atom stereocenters. The van der Waals surface area contributed by atoms with Crippen molar-refractivity contribution < 1.29 is 14.0 Å². The summed E-state index contributed by atoms with van der Waals surface area (Å²) in [6.45, 7) is 0.394. The zero-order chi connectivity index (χ0) is 24.7. The van der Waals surface area contributed by atoms with Crippen LogP contribution in [0.15, 0.2) is 114 Å². The number of carbonyl (C=O) groups excluding carboxylic acids is 2. The average molecular weight is 475 g/mol. The lowest BCUT2D eigenvalue weighted by Crippen LogP contribution is -2.24. The molecule has 0 saturated carbocycles. The van der Waals surface area contributed by atoms with Gasteiger partial charge in [-0.3, -0.25) is 9.59 Å². The van der Waals surface area contributed by atoms with Crippen molar-refractivity contribution in [3.8, 4) is 22.9 Å². The number of rotatable bonds is 7. The summed E-state index contributed by atoms with van der Waals surface area (Å²) in [6, 6.07) is 32.9. The fourth-order valence-electron chi connectivity index (χ4n) is 3.66. The first-order valence-corrected chi connectivity index (χ1v) is 11.4. The number of nitrogens with one attached hydrogen (secondary N) is 2. The minimum Gasteiger partial charge on any atom is -0.416 e. The van der Waals surface area contributed by atoms with Crippen LogP contribution in [-0.2, 0) is 6.54 Å². The van der Waals surface area contributed by atoms with Gasteiger partial charge in [0.2, 0.25) is 11.8 Å². The molecule has 0 radical (unpaired) electrons. The van der Waals surface area contributed by atoms with Crippen molar-refractivity contribution in [2.75, 3.05) is 5.32 Å². The van der Waals surface area contributed by atoms with Crippen LogP contribution in [0, 0.1) is 0 Å². The predicted molar refractivity (Wildman–Crippen MR) is 137 cm³/mol. The van der Waals surface area contributed by atoms with Crippen LogP contribution in [0.4, 0.5) is 5.69 Å². The molecule has 4 aromatic carbocycles. The van der Waals surface area contributed by atoms with E-state index in [1.165, 1.54) is 0 Å². The molecule has 5 aromatic rings. The smallest absolute Gasteiger partial charge is 0.255 e. The van der Waals surface area contributed by atoms with E-state index < -0.39 is 0 Å². The summed E-state index contributed by atoms with van der Waals surface area (Å²) in [7, 11) is 0. The molecule has 5 rings (SSSR count). The fraction of sp³-hybridized carbons (Fsp3) is 0.0345. The van der Waals surface area contributed by atoms with Gasteiger partial charge in [0, 0.05) is 23.2 Å². The number of nitrogens with zero attached hydrogens (tertiary/aromatic N) is 2. The van der Waals surface area contributed by atoms with Gasteiger partial charge in [0.15, 0.2) is 0 Å². The van der Waals surface area contributed by atoms with E-state index >= 15 is 0 Å². The standard InChI is InChI=1S/C29H22N4O3/c34-26(31-25-14-8-7-13-24(25)27(35)30-19-20-9-3-1-4-10-20)21-15-17-23(18-16-21)29-33-32-28(36-29)22-11-5-2-6-12-22/h1-18H,19H2,(H,30,35)(H,31,34). The summed E-state index contributed by atoms with van der Waals surface area (Å²) in [6.07, 6.45) is 0. The Labute approximate surface area is 207 Å². The van der Waals surface area contributed by atoms with Gasteiger partial charge in [-0.2, -0.15) is 0 Å². The van der Waals surface area contributed by atoms with E-state index in [1.54, 1.807) is 48.5 Å². The third-order valence-electron chi connectivity index (χ3n) is 5.56. The van der Waals surface area contributed by atoms with E-state index in [9.17, 15) is 9.59 Å². The number of para-hydroxylation sites is 1. The van der Waals surface area contributed by atoms with Gasteiger partial charge in [-0.15, -0.1) is 10.2 Å². The number of anilines is 1. The third kappa shape index (κ3) is 5.20. The van der Waals surface area contributed by atoms with Gasteiger partial charge in [-0.25, -0.2) is 0 Å². The second-order valence-corrected chi connectivity index (χ2v) is 8.02. The van der Waals surface area contributed by atoms with E-state index in [-0.39, 0.29) is 11.8 Å². The summed E-state index contributed by atoms with van der Waals surface area (Å²) in [4.78, 5) is 25.7. The normalized spacial score (nSPS) is 10.6. The second-order valence-electron chi connectivity index (χ2n) is 8.02. The maximum atomic E-state index is 12.9. The second kappa shape index (κ2) is 10.5. The van der Waals surface area contributed by atoms with Crippen molar-refractivity contribution in [1.82, 2.24) is 15.5 Å². The molecule has 0 atom stereocenters. The minimum absolute atomic E-state index is 0.268. The summed E-state index contributed by atoms with van der Waals surface area (Å²) in [5, 5.41) is 14.0. The van der Waals surface area contributed by atoms with E-state index in [0.29, 0.717) is 40.7 Å². The molecule has 1 aromatic heterocycles. The molecule has 0 fully saturated rings. The molecule has 2 N–H and O–H groups in total. The number of hydrogen-bond donors (Lipinski definition) is 2. The highest BCUT2D eigenvalue weighted by Crippen LogP contribution is 2.24. The van der Waals surface area contributed by atoms with Gasteiger partial charge in [0.25, 0.3) is 11.8 Å². The molecule has 0 aliphatic rings. The van der Waals surface area contributed by atoms with Crippen LogP contribution < -0.4 is 10.6 Å². The minimum atomic E-state index is -0.333. The molecule has 2 amide bonds. The van der Waals surface area contributed by atoms with Crippen molar-refractivity contribution in [3.05, 3.63) is 126 Å². The van der Waals surface area contributed by atoms with Crippen LogP contribution in [0.2, 0.25) is 0 Å². The fourth-order valence-corrected chi connectivity index (χ4v) is 3.66. The highest BCUT2D eigenvalue weighted by Gasteiger charge is 2.15. The van der Waals surface area contributed by atoms with E-state index in [0.717, 1.165) is 11.1 Å². The monoisotopic (exact) mass is 474 g/mol. The van der Waals surface area contributed by atoms with Crippen LogP contribution in [-0.4, -0.2) is 22.0 Å². The lowest BCUT2D eigenvalue weighted by Gasteiger charge is -2.12. The molecular weight excluding hydrogens is 452 g/mol.